The highest BCUT2D eigenvalue weighted by molar-refractivity contribution is 7.17. The number of hydrogen-bond acceptors (Lipinski definition) is 7. The Hall–Kier alpha value is -2.28. The molecular weight excluding hydrogens is 308 g/mol. The molecule has 0 amide bonds. The lowest BCUT2D eigenvalue weighted by atomic mass is 10.3. The lowest BCUT2D eigenvalue weighted by Crippen LogP contribution is -2.31. The lowest BCUT2D eigenvalue weighted by molar-refractivity contribution is 0.782. The number of fused-ring (bicyclic) bond motifs is 1. The molecule has 0 aliphatic carbocycles. The number of hydrogen-bond donors (Lipinski definition) is 0. The maximum absolute atomic E-state index is 4.53. The molecular formula is C16H18N6S. The zero-order valence-electron chi connectivity index (χ0n) is 13.0. The first-order valence-corrected chi connectivity index (χ1v) is 8.68. The number of rotatable bonds is 2. The van der Waals surface area contributed by atoms with Crippen LogP contribution in [0.2, 0.25) is 0 Å². The molecule has 0 bridgehead atoms. The predicted octanol–water partition coefficient (Wildman–Crippen LogP) is 2.51. The van der Waals surface area contributed by atoms with Gasteiger partial charge in [0.1, 0.15) is 12.1 Å². The van der Waals surface area contributed by atoms with Gasteiger partial charge in [-0.05, 0) is 36.9 Å². The van der Waals surface area contributed by atoms with Crippen molar-refractivity contribution in [2.45, 2.75) is 13.3 Å². The van der Waals surface area contributed by atoms with Crippen molar-refractivity contribution in [1.29, 1.82) is 0 Å². The number of aryl methyl sites for hydroxylation is 1. The van der Waals surface area contributed by atoms with Crippen molar-refractivity contribution < 1.29 is 0 Å². The Morgan fingerprint density at radius 3 is 2.70 bits per heavy atom. The van der Waals surface area contributed by atoms with E-state index in [0.717, 1.165) is 55.4 Å². The van der Waals surface area contributed by atoms with Crippen molar-refractivity contribution in [3.63, 3.8) is 0 Å². The minimum Gasteiger partial charge on any atom is -0.353 e. The Kier molecular flexibility index (Phi) is 3.78. The standard InChI is InChI=1S/C16H18N6S/c1-12-3-4-14(20-19-12)21-6-2-7-22(9-8-21)16-15-13(5-10-23-15)17-11-18-16/h3-5,10-11H,2,6-9H2,1H3. The molecule has 0 atom stereocenters. The highest BCUT2D eigenvalue weighted by atomic mass is 32.1. The minimum atomic E-state index is 0.925. The summed E-state index contributed by atoms with van der Waals surface area (Å²) in [5.41, 5.74) is 1.98. The van der Waals surface area contributed by atoms with Crippen molar-refractivity contribution in [3.05, 3.63) is 35.6 Å². The summed E-state index contributed by atoms with van der Waals surface area (Å²) in [6.45, 7) is 5.81. The Bertz CT molecular complexity index is 800. The third kappa shape index (κ3) is 2.84. The fourth-order valence-corrected chi connectivity index (χ4v) is 3.78. The quantitative estimate of drug-likeness (QED) is 0.721. The van der Waals surface area contributed by atoms with E-state index in [0.29, 0.717) is 0 Å². The van der Waals surface area contributed by atoms with Gasteiger partial charge in [0.15, 0.2) is 5.82 Å². The first kappa shape index (κ1) is 14.3. The van der Waals surface area contributed by atoms with Crippen LogP contribution in [0.25, 0.3) is 10.2 Å². The maximum atomic E-state index is 4.53. The molecule has 0 spiro atoms. The molecule has 4 rings (SSSR count). The number of thiophene rings is 1. The van der Waals surface area contributed by atoms with Gasteiger partial charge in [-0.15, -0.1) is 16.4 Å². The molecule has 0 N–H and O–H groups in total. The zero-order valence-corrected chi connectivity index (χ0v) is 13.8. The molecule has 0 unspecified atom stereocenters. The lowest BCUT2D eigenvalue weighted by Gasteiger charge is -2.23. The summed E-state index contributed by atoms with van der Waals surface area (Å²) in [4.78, 5) is 13.5. The topological polar surface area (TPSA) is 58.0 Å². The van der Waals surface area contributed by atoms with Crippen molar-refractivity contribution >= 4 is 33.2 Å². The average Bonchev–Trinajstić information content (AvgIpc) is 2.93. The van der Waals surface area contributed by atoms with Crippen LogP contribution in [-0.2, 0) is 0 Å². The Morgan fingerprint density at radius 2 is 1.83 bits per heavy atom. The molecule has 118 valence electrons. The van der Waals surface area contributed by atoms with Gasteiger partial charge in [-0.1, -0.05) is 0 Å². The smallest absolute Gasteiger partial charge is 0.151 e. The van der Waals surface area contributed by atoms with Crippen LogP contribution in [0.4, 0.5) is 11.6 Å². The van der Waals surface area contributed by atoms with Crippen molar-refractivity contribution in [2.24, 2.45) is 0 Å². The number of anilines is 2. The van der Waals surface area contributed by atoms with E-state index in [-0.39, 0.29) is 0 Å². The molecule has 3 aromatic rings. The van der Waals surface area contributed by atoms with E-state index in [4.69, 9.17) is 0 Å². The molecule has 1 aliphatic heterocycles. The van der Waals surface area contributed by atoms with Crippen molar-refractivity contribution in [1.82, 2.24) is 20.2 Å². The molecule has 1 saturated heterocycles. The first-order chi connectivity index (χ1) is 11.3. The fraction of sp³-hybridized carbons (Fsp3) is 0.375. The van der Waals surface area contributed by atoms with Crippen LogP contribution in [0.1, 0.15) is 12.1 Å². The van der Waals surface area contributed by atoms with Crippen LogP contribution in [0.3, 0.4) is 0 Å². The fourth-order valence-electron chi connectivity index (χ4n) is 2.92. The van der Waals surface area contributed by atoms with E-state index in [9.17, 15) is 0 Å². The second-order valence-corrected chi connectivity index (χ2v) is 6.61. The van der Waals surface area contributed by atoms with Crippen LogP contribution in [0, 0.1) is 6.92 Å². The molecule has 23 heavy (non-hydrogen) atoms. The SMILES string of the molecule is Cc1ccc(N2CCCN(c3ncnc4ccsc34)CC2)nn1. The molecule has 1 aliphatic rings. The molecule has 0 saturated carbocycles. The van der Waals surface area contributed by atoms with E-state index >= 15 is 0 Å². The van der Waals surface area contributed by atoms with Crippen molar-refractivity contribution in [2.75, 3.05) is 36.0 Å². The summed E-state index contributed by atoms with van der Waals surface area (Å²) in [5.74, 6) is 2.02. The average molecular weight is 326 g/mol. The third-order valence-electron chi connectivity index (χ3n) is 4.13. The molecule has 4 heterocycles. The van der Waals surface area contributed by atoms with E-state index in [1.165, 1.54) is 4.70 Å². The molecule has 7 heteroatoms. The third-order valence-corrected chi connectivity index (χ3v) is 5.03. The van der Waals surface area contributed by atoms with Gasteiger partial charge >= 0.3 is 0 Å². The van der Waals surface area contributed by atoms with Gasteiger partial charge in [-0.25, -0.2) is 9.97 Å². The normalized spacial score (nSPS) is 15.9. The van der Waals surface area contributed by atoms with E-state index < -0.39 is 0 Å². The Labute approximate surface area is 138 Å². The number of nitrogens with zero attached hydrogens (tertiary/aromatic N) is 6. The van der Waals surface area contributed by atoms with E-state index in [2.05, 4.69) is 47.5 Å². The monoisotopic (exact) mass is 326 g/mol. The van der Waals surface area contributed by atoms with Gasteiger partial charge in [-0.3, -0.25) is 0 Å². The highest BCUT2D eigenvalue weighted by Crippen LogP contribution is 2.28. The first-order valence-electron chi connectivity index (χ1n) is 7.80. The second-order valence-electron chi connectivity index (χ2n) is 5.69. The predicted molar refractivity (Wildman–Crippen MR) is 93.2 cm³/mol. The van der Waals surface area contributed by atoms with Gasteiger partial charge in [0, 0.05) is 26.2 Å². The maximum Gasteiger partial charge on any atom is 0.151 e. The van der Waals surface area contributed by atoms with Gasteiger partial charge in [-0.2, -0.15) is 5.10 Å². The van der Waals surface area contributed by atoms with E-state index in [1.807, 2.05) is 13.0 Å². The summed E-state index contributed by atoms with van der Waals surface area (Å²) >= 11 is 1.71. The zero-order chi connectivity index (χ0) is 15.6. The van der Waals surface area contributed by atoms with Crippen LogP contribution >= 0.6 is 11.3 Å². The Morgan fingerprint density at radius 1 is 0.957 bits per heavy atom. The van der Waals surface area contributed by atoms with E-state index in [1.54, 1.807) is 17.7 Å². The summed E-state index contributed by atoms with van der Waals surface area (Å²) < 4.78 is 1.18. The molecule has 6 nitrogen and oxygen atoms in total. The molecule has 1 fully saturated rings. The molecule has 0 aromatic carbocycles. The van der Waals surface area contributed by atoms with Crippen LogP contribution < -0.4 is 9.80 Å². The van der Waals surface area contributed by atoms with Crippen LogP contribution in [0.15, 0.2) is 29.9 Å². The van der Waals surface area contributed by atoms with Gasteiger partial charge in [0.2, 0.25) is 0 Å². The van der Waals surface area contributed by atoms with Crippen LogP contribution in [-0.4, -0.2) is 46.3 Å². The minimum absolute atomic E-state index is 0.925. The molecule has 0 radical (unpaired) electrons. The second kappa shape index (κ2) is 6.08. The van der Waals surface area contributed by atoms with Gasteiger partial charge < -0.3 is 9.80 Å². The Balaban J connectivity index is 1.55. The number of aromatic nitrogens is 4. The highest BCUT2D eigenvalue weighted by Gasteiger charge is 2.19. The van der Waals surface area contributed by atoms with Crippen LogP contribution in [0.5, 0.6) is 0 Å². The van der Waals surface area contributed by atoms with Gasteiger partial charge in [0.05, 0.1) is 15.9 Å². The molecule has 3 aromatic heterocycles. The summed E-state index contributed by atoms with van der Waals surface area (Å²) in [6.07, 6.45) is 2.74. The summed E-state index contributed by atoms with van der Waals surface area (Å²) in [6, 6.07) is 6.13. The summed E-state index contributed by atoms with van der Waals surface area (Å²) in [5, 5.41) is 10.6. The summed E-state index contributed by atoms with van der Waals surface area (Å²) in [7, 11) is 0. The largest absolute Gasteiger partial charge is 0.353 e. The van der Waals surface area contributed by atoms with Gasteiger partial charge in [0.25, 0.3) is 0 Å². The van der Waals surface area contributed by atoms with Crippen molar-refractivity contribution in [3.8, 4) is 0 Å².